The standard InChI is InChI=1S/C40H49N9O7/c1-21(27(51)17-33-43-11-12-44-33)45-30-18-28-38(2,9-8-31(52)39(28,3)19-50)29(40(30)20-55-40)16-25(46-32-7-5-6-10-42-32)23-13-22(56-37(23)54)14-26-35-24(41)15-34(53)47-36(35)49(4)48-26/h5-7,10-11,13-14,21,25,28-31,41,45,50,52H,8-9,12,15-20H2,1-4H3,(H,42,46)(H,47,53)/b22-14+,41-24?/t21?,25?,28?,29?,30?,31-,38+,39+,40?/m1/s1. The van der Waals surface area contributed by atoms with Gasteiger partial charge in [-0.25, -0.2) is 14.8 Å². The van der Waals surface area contributed by atoms with E-state index >= 15 is 0 Å². The first-order valence-corrected chi connectivity index (χ1v) is 19.3. The zero-order valence-corrected chi connectivity index (χ0v) is 32.0. The summed E-state index contributed by atoms with van der Waals surface area (Å²) in [5.74, 6) is 0.440. The molecule has 16 nitrogen and oxygen atoms in total. The molecule has 0 aromatic carbocycles. The van der Waals surface area contributed by atoms with Crippen molar-refractivity contribution in [3.63, 3.8) is 0 Å². The summed E-state index contributed by atoms with van der Waals surface area (Å²) in [6.45, 7) is 6.70. The molecule has 0 radical (unpaired) electrons. The van der Waals surface area contributed by atoms with Gasteiger partial charge in [-0.05, 0) is 68.1 Å². The number of aryl methyl sites for hydroxylation is 1. The fourth-order valence-electron chi connectivity index (χ4n) is 10.1. The van der Waals surface area contributed by atoms with Crippen molar-refractivity contribution in [3.05, 3.63) is 53.1 Å². The average Bonchev–Trinajstić information content (AvgIpc) is 3.42. The molecule has 2 aliphatic carbocycles. The second-order valence-corrected chi connectivity index (χ2v) is 16.6. The molecule has 6 aliphatic rings. The molecular formula is C40H49N9O7. The summed E-state index contributed by atoms with van der Waals surface area (Å²) in [5.41, 5.74) is -0.638. The molecule has 56 heavy (non-hydrogen) atoms. The van der Waals surface area contributed by atoms with Gasteiger partial charge >= 0.3 is 5.97 Å². The van der Waals surface area contributed by atoms with Crippen molar-refractivity contribution in [1.29, 1.82) is 5.41 Å². The van der Waals surface area contributed by atoms with E-state index in [2.05, 4.69) is 42.9 Å². The number of aliphatic hydroxyl groups excluding tert-OH is 2. The predicted molar refractivity (Wildman–Crippen MR) is 207 cm³/mol. The van der Waals surface area contributed by atoms with Gasteiger partial charge in [0, 0.05) is 37.0 Å². The van der Waals surface area contributed by atoms with E-state index in [0.29, 0.717) is 73.1 Å². The van der Waals surface area contributed by atoms with Gasteiger partial charge in [0.2, 0.25) is 5.91 Å². The Morgan fingerprint density at radius 2 is 2.07 bits per heavy atom. The van der Waals surface area contributed by atoms with Crippen molar-refractivity contribution in [2.24, 2.45) is 39.7 Å². The highest BCUT2D eigenvalue weighted by Crippen LogP contribution is 2.66. The molecule has 0 bridgehead atoms. The number of hydrogen-bond acceptors (Lipinski definition) is 14. The van der Waals surface area contributed by atoms with E-state index in [1.54, 1.807) is 31.6 Å². The van der Waals surface area contributed by atoms with Crippen molar-refractivity contribution in [3.8, 4) is 0 Å². The van der Waals surface area contributed by atoms with E-state index < -0.39 is 40.6 Å². The Labute approximate surface area is 324 Å². The number of hydrogen-bond donors (Lipinski definition) is 6. The molecule has 4 aliphatic heterocycles. The number of carbonyl (C=O) groups is 3. The molecule has 1 saturated heterocycles. The van der Waals surface area contributed by atoms with Gasteiger partial charge in [0.1, 0.15) is 34.5 Å². The van der Waals surface area contributed by atoms with Crippen LogP contribution in [0.4, 0.5) is 11.6 Å². The largest absolute Gasteiger partial charge is 0.423 e. The number of ether oxygens (including phenoxy) is 2. The highest BCUT2D eigenvalue weighted by molar-refractivity contribution is 6.20. The van der Waals surface area contributed by atoms with Crippen LogP contribution < -0.4 is 16.0 Å². The number of Topliss-reactive ketones (excluding diaryl/α,β-unsaturated/α-hetero) is 1. The monoisotopic (exact) mass is 767 g/mol. The van der Waals surface area contributed by atoms with Crippen molar-refractivity contribution in [1.82, 2.24) is 20.1 Å². The molecule has 2 saturated carbocycles. The molecule has 9 atom stereocenters. The number of aliphatic imine (C=N–C) groups is 2. The third kappa shape index (κ3) is 6.51. The Morgan fingerprint density at radius 1 is 1.27 bits per heavy atom. The Balaban J connectivity index is 1.16. The van der Waals surface area contributed by atoms with Gasteiger partial charge in [-0.3, -0.25) is 19.3 Å². The number of esters is 1. The number of aliphatic hydroxyl groups is 2. The number of amidine groups is 1. The number of amides is 1. The summed E-state index contributed by atoms with van der Waals surface area (Å²) in [4.78, 5) is 52.6. The number of allylic oxidation sites excluding steroid dienone is 1. The molecule has 3 fully saturated rings. The highest BCUT2D eigenvalue weighted by Gasteiger charge is 2.71. The SMILES string of the molecule is CC(NC1CC2[C@](C)(CC[C@@H](O)[C@@]2(C)CO)C(CC(Nc2ccccn2)C2=C/C(=C\c3nn(C)c4c3C(=N)CC(=O)N4)OC2=O)C12CO2)C(=O)CC1=NCC=N1. The first-order chi connectivity index (χ1) is 26.8. The minimum atomic E-state index is -0.831. The Morgan fingerprint density at radius 3 is 2.77 bits per heavy atom. The maximum absolute atomic E-state index is 13.9. The Bertz CT molecular complexity index is 2090. The van der Waals surface area contributed by atoms with Gasteiger partial charge < -0.3 is 41.0 Å². The van der Waals surface area contributed by atoms with Crippen LogP contribution >= 0.6 is 0 Å². The fraction of sp³-hybridized carbons (Fsp3) is 0.550. The van der Waals surface area contributed by atoms with E-state index in [9.17, 15) is 24.6 Å². The number of epoxide rings is 1. The number of pyridine rings is 1. The third-order valence-corrected chi connectivity index (χ3v) is 13.3. The minimum absolute atomic E-state index is 0.0448. The summed E-state index contributed by atoms with van der Waals surface area (Å²) < 4.78 is 13.9. The molecule has 2 aromatic rings. The Hall–Kier alpha value is -4.90. The normalized spacial score (nSPS) is 33.7. The summed E-state index contributed by atoms with van der Waals surface area (Å²) in [6, 6.07) is 4.02. The predicted octanol–water partition coefficient (Wildman–Crippen LogP) is 2.57. The van der Waals surface area contributed by atoms with Crippen molar-refractivity contribution >= 4 is 53.1 Å². The lowest BCUT2D eigenvalue weighted by Crippen LogP contribution is -2.67. The number of rotatable bonds is 12. The van der Waals surface area contributed by atoms with Gasteiger partial charge in [0.05, 0.1) is 67.6 Å². The first-order valence-electron chi connectivity index (χ1n) is 19.3. The molecule has 16 heteroatoms. The third-order valence-electron chi connectivity index (χ3n) is 13.3. The van der Waals surface area contributed by atoms with Crippen LogP contribution in [0, 0.1) is 28.1 Å². The van der Waals surface area contributed by atoms with Crippen LogP contribution in [0.5, 0.6) is 0 Å². The van der Waals surface area contributed by atoms with Crippen LogP contribution in [0.3, 0.4) is 0 Å². The number of nitrogens with one attached hydrogen (secondary N) is 4. The maximum Gasteiger partial charge on any atom is 0.341 e. The number of fused-ring (bicyclic) bond motifs is 2. The first kappa shape index (κ1) is 38.0. The van der Waals surface area contributed by atoms with Gasteiger partial charge in [-0.2, -0.15) is 5.10 Å². The number of ketones is 1. The van der Waals surface area contributed by atoms with E-state index in [1.165, 1.54) is 4.68 Å². The van der Waals surface area contributed by atoms with E-state index in [4.69, 9.17) is 14.9 Å². The number of nitrogens with zero attached hydrogens (tertiary/aromatic N) is 5. The molecule has 296 valence electrons. The second-order valence-electron chi connectivity index (χ2n) is 16.6. The molecule has 8 rings (SSSR count). The summed E-state index contributed by atoms with van der Waals surface area (Å²) in [6.07, 6.45) is 8.07. The van der Waals surface area contributed by atoms with E-state index in [-0.39, 0.29) is 60.5 Å². The molecule has 2 aromatic heterocycles. The van der Waals surface area contributed by atoms with Gasteiger partial charge in [-0.1, -0.05) is 19.9 Å². The van der Waals surface area contributed by atoms with Gasteiger partial charge in [0.25, 0.3) is 0 Å². The van der Waals surface area contributed by atoms with Crippen LogP contribution in [-0.4, -0.2) is 110 Å². The summed E-state index contributed by atoms with van der Waals surface area (Å²) >= 11 is 0. The lowest BCUT2D eigenvalue weighted by Gasteiger charge is -2.63. The van der Waals surface area contributed by atoms with Crippen molar-refractivity contribution in [2.45, 2.75) is 89.1 Å². The lowest BCUT2D eigenvalue weighted by molar-refractivity contribution is -0.184. The van der Waals surface area contributed by atoms with Crippen LogP contribution in [0.1, 0.15) is 70.6 Å². The van der Waals surface area contributed by atoms with Gasteiger partial charge in [-0.15, -0.1) is 0 Å². The van der Waals surface area contributed by atoms with Crippen molar-refractivity contribution in [2.75, 3.05) is 30.4 Å². The van der Waals surface area contributed by atoms with Crippen LogP contribution in [0.15, 0.2) is 51.8 Å². The highest BCUT2D eigenvalue weighted by atomic mass is 16.6. The molecule has 1 amide bonds. The zero-order chi connectivity index (χ0) is 39.6. The van der Waals surface area contributed by atoms with E-state index in [1.807, 2.05) is 32.0 Å². The quantitative estimate of drug-likeness (QED) is 0.136. The van der Waals surface area contributed by atoms with Crippen LogP contribution in [0.2, 0.25) is 0 Å². The smallest absolute Gasteiger partial charge is 0.341 e. The number of cyclic esters (lactones) is 1. The molecule has 1 spiro atoms. The average molecular weight is 768 g/mol. The number of aromatic nitrogens is 3. The summed E-state index contributed by atoms with van der Waals surface area (Å²) in [5, 5.41) is 45.3. The van der Waals surface area contributed by atoms with E-state index in [0.717, 1.165) is 0 Å². The second kappa shape index (κ2) is 14.2. The number of carbonyl (C=O) groups excluding carboxylic acids is 3. The van der Waals surface area contributed by atoms with Crippen molar-refractivity contribution < 1.29 is 34.1 Å². The molecule has 6 N–H and O–H groups in total. The molecule has 6 unspecified atom stereocenters. The number of anilines is 2. The van der Waals surface area contributed by atoms with Crippen LogP contribution in [-0.2, 0) is 30.9 Å². The fourth-order valence-corrected chi connectivity index (χ4v) is 10.1. The zero-order valence-electron chi connectivity index (χ0n) is 32.0. The minimum Gasteiger partial charge on any atom is -0.423 e. The maximum atomic E-state index is 13.9. The van der Waals surface area contributed by atoms with Crippen LogP contribution in [0.25, 0.3) is 6.08 Å². The topological polar surface area (TPSA) is 229 Å². The van der Waals surface area contributed by atoms with Gasteiger partial charge in [0.15, 0.2) is 5.78 Å². The Kier molecular flexibility index (Phi) is 9.66. The molecule has 6 heterocycles. The lowest BCUT2D eigenvalue weighted by atomic mass is 9.43. The summed E-state index contributed by atoms with van der Waals surface area (Å²) in [7, 11) is 1.67. The molecular weight excluding hydrogens is 718 g/mol.